The first kappa shape index (κ1) is 14.5. The first-order valence-electron chi connectivity index (χ1n) is 5.70. The van der Waals surface area contributed by atoms with E-state index in [2.05, 4.69) is 5.32 Å². The van der Waals surface area contributed by atoms with E-state index in [9.17, 15) is 18.0 Å². The summed E-state index contributed by atoms with van der Waals surface area (Å²) in [6, 6.07) is 4.61. The summed E-state index contributed by atoms with van der Waals surface area (Å²) in [5, 5.41) is 2.57. The Hall–Kier alpha value is -1.52. The molecule has 0 unspecified atom stereocenters. The van der Waals surface area contributed by atoms with Crippen molar-refractivity contribution in [3.05, 3.63) is 35.4 Å². The number of carbonyl (C=O) groups excluding carboxylic acids is 1. The van der Waals surface area contributed by atoms with Crippen LogP contribution < -0.4 is 5.32 Å². The van der Waals surface area contributed by atoms with Crippen LogP contribution in [0.3, 0.4) is 0 Å². The van der Waals surface area contributed by atoms with Crippen molar-refractivity contribution in [3.8, 4) is 0 Å². The summed E-state index contributed by atoms with van der Waals surface area (Å²) < 4.78 is 38.2. The highest BCUT2D eigenvalue weighted by Gasteiger charge is 2.35. The Kier molecular flexibility index (Phi) is 4.38. The molecule has 1 rings (SSSR count). The van der Waals surface area contributed by atoms with E-state index in [4.69, 9.17) is 0 Å². The molecule has 2 nitrogen and oxygen atoms in total. The summed E-state index contributed by atoms with van der Waals surface area (Å²) in [6.45, 7) is 5.54. The lowest BCUT2D eigenvalue weighted by Gasteiger charge is -2.19. The second-order valence-corrected chi connectivity index (χ2v) is 4.55. The van der Waals surface area contributed by atoms with Crippen molar-refractivity contribution in [2.24, 2.45) is 5.92 Å². The van der Waals surface area contributed by atoms with Gasteiger partial charge in [0.15, 0.2) is 0 Å². The van der Waals surface area contributed by atoms with E-state index in [0.717, 1.165) is 6.07 Å². The van der Waals surface area contributed by atoms with Crippen molar-refractivity contribution >= 4 is 5.91 Å². The third kappa shape index (κ3) is 3.48. The van der Waals surface area contributed by atoms with Gasteiger partial charge in [-0.2, -0.15) is 13.2 Å². The van der Waals surface area contributed by atoms with E-state index in [-0.39, 0.29) is 17.5 Å². The second kappa shape index (κ2) is 5.42. The quantitative estimate of drug-likeness (QED) is 0.884. The van der Waals surface area contributed by atoms with Gasteiger partial charge in [0, 0.05) is 6.04 Å². The zero-order valence-electron chi connectivity index (χ0n) is 10.5. The third-order valence-corrected chi connectivity index (χ3v) is 2.84. The van der Waals surface area contributed by atoms with Crippen LogP contribution in [0.25, 0.3) is 0 Å². The van der Waals surface area contributed by atoms with Crippen LogP contribution in [0.4, 0.5) is 13.2 Å². The molecule has 1 amide bonds. The normalized spacial score (nSPS) is 13.5. The molecule has 0 saturated heterocycles. The molecule has 0 aliphatic carbocycles. The van der Waals surface area contributed by atoms with Crippen LogP contribution in [0.5, 0.6) is 0 Å². The van der Waals surface area contributed by atoms with Gasteiger partial charge < -0.3 is 5.32 Å². The van der Waals surface area contributed by atoms with Gasteiger partial charge in [-0.25, -0.2) is 0 Å². The van der Waals surface area contributed by atoms with Crippen molar-refractivity contribution in [1.82, 2.24) is 5.32 Å². The molecule has 1 atom stereocenters. The van der Waals surface area contributed by atoms with Gasteiger partial charge in [0.05, 0.1) is 11.1 Å². The summed E-state index contributed by atoms with van der Waals surface area (Å²) >= 11 is 0. The second-order valence-electron chi connectivity index (χ2n) is 4.55. The van der Waals surface area contributed by atoms with Crippen molar-refractivity contribution in [2.45, 2.75) is 33.0 Å². The topological polar surface area (TPSA) is 29.1 Å². The number of nitrogens with one attached hydrogen (secondary N) is 1. The molecule has 0 bridgehead atoms. The lowest BCUT2D eigenvalue weighted by atomic mass is 10.0. The molecular weight excluding hydrogens is 243 g/mol. The van der Waals surface area contributed by atoms with Gasteiger partial charge in [0.25, 0.3) is 5.91 Å². The number of amides is 1. The number of benzene rings is 1. The van der Waals surface area contributed by atoms with Crippen LogP contribution in [-0.4, -0.2) is 11.9 Å². The minimum absolute atomic E-state index is 0.159. The molecule has 0 saturated carbocycles. The largest absolute Gasteiger partial charge is 0.417 e. The van der Waals surface area contributed by atoms with Gasteiger partial charge >= 0.3 is 6.18 Å². The Morgan fingerprint density at radius 3 is 2.22 bits per heavy atom. The summed E-state index contributed by atoms with van der Waals surface area (Å²) in [5.41, 5.74) is -1.24. The van der Waals surface area contributed by atoms with Gasteiger partial charge in [-0.3, -0.25) is 4.79 Å². The number of alkyl halides is 3. The van der Waals surface area contributed by atoms with E-state index in [1.54, 1.807) is 6.92 Å². The van der Waals surface area contributed by atoms with Crippen molar-refractivity contribution in [3.63, 3.8) is 0 Å². The molecule has 18 heavy (non-hydrogen) atoms. The zero-order chi connectivity index (χ0) is 13.9. The molecular formula is C13H16F3NO. The molecule has 0 radical (unpaired) electrons. The minimum Gasteiger partial charge on any atom is -0.349 e. The van der Waals surface area contributed by atoms with Crippen LogP contribution in [0.15, 0.2) is 24.3 Å². The fourth-order valence-corrected chi connectivity index (χ4v) is 1.38. The molecule has 1 N–H and O–H groups in total. The van der Waals surface area contributed by atoms with Crippen LogP contribution in [0.1, 0.15) is 36.7 Å². The molecule has 0 aromatic heterocycles. The highest BCUT2D eigenvalue weighted by atomic mass is 19.4. The Bertz CT molecular complexity index is 426. The Morgan fingerprint density at radius 1 is 1.17 bits per heavy atom. The monoisotopic (exact) mass is 259 g/mol. The Labute approximate surface area is 104 Å². The first-order valence-corrected chi connectivity index (χ1v) is 5.70. The number of rotatable bonds is 3. The highest BCUT2D eigenvalue weighted by molar-refractivity contribution is 5.96. The van der Waals surface area contributed by atoms with E-state index in [1.807, 2.05) is 13.8 Å². The number of hydrogen-bond acceptors (Lipinski definition) is 1. The highest BCUT2D eigenvalue weighted by Crippen LogP contribution is 2.31. The van der Waals surface area contributed by atoms with Gasteiger partial charge in [-0.1, -0.05) is 26.0 Å². The molecule has 100 valence electrons. The average Bonchev–Trinajstić information content (AvgIpc) is 2.27. The third-order valence-electron chi connectivity index (χ3n) is 2.84. The van der Waals surface area contributed by atoms with Crippen LogP contribution >= 0.6 is 0 Å². The van der Waals surface area contributed by atoms with Crippen molar-refractivity contribution < 1.29 is 18.0 Å². The van der Waals surface area contributed by atoms with E-state index in [0.29, 0.717) is 0 Å². The fraction of sp³-hybridized carbons (Fsp3) is 0.462. The van der Waals surface area contributed by atoms with Crippen molar-refractivity contribution in [1.29, 1.82) is 0 Å². The SMILES string of the molecule is CC(C)[C@@H](C)NC(=O)c1ccccc1C(F)(F)F. The van der Waals surface area contributed by atoms with Crippen LogP contribution in [0.2, 0.25) is 0 Å². The summed E-state index contributed by atoms with van der Waals surface area (Å²) in [6.07, 6.45) is -4.52. The predicted octanol–water partition coefficient (Wildman–Crippen LogP) is 3.48. The molecule has 0 fully saturated rings. The predicted molar refractivity (Wildman–Crippen MR) is 63.2 cm³/mol. The smallest absolute Gasteiger partial charge is 0.349 e. The lowest BCUT2D eigenvalue weighted by molar-refractivity contribution is -0.137. The lowest BCUT2D eigenvalue weighted by Crippen LogP contribution is -2.37. The van der Waals surface area contributed by atoms with Crippen LogP contribution in [0, 0.1) is 5.92 Å². The first-order chi connectivity index (χ1) is 8.23. The van der Waals surface area contributed by atoms with Gasteiger partial charge in [-0.05, 0) is 25.0 Å². The molecule has 0 spiro atoms. The van der Waals surface area contributed by atoms with Gasteiger partial charge in [0.2, 0.25) is 0 Å². The minimum atomic E-state index is -4.52. The van der Waals surface area contributed by atoms with E-state index < -0.39 is 17.6 Å². The van der Waals surface area contributed by atoms with E-state index in [1.165, 1.54) is 18.2 Å². The maximum atomic E-state index is 12.7. The standard InChI is InChI=1S/C13H16F3NO/c1-8(2)9(3)17-12(18)10-6-4-5-7-11(10)13(14,15)16/h4-9H,1-3H3,(H,17,18)/t9-/m1/s1. The number of carbonyl (C=O) groups is 1. The molecule has 0 heterocycles. The number of hydrogen-bond donors (Lipinski definition) is 1. The van der Waals surface area contributed by atoms with Gasteiger partial charge in [0.1, 0.15) is 0 Å². The Balaban J connectivity index is 3.00. The fourth-order valence-electron chi connectivity index (χ4n) is 1.38. The van der Waals surface area contributed by atoms with E-state index >= 15 is 0 Å². The van der Waals surface area contributed by atoms with Crippen molar-refractivity contribution in [2.75, 3.05) is 0 Å². The zero-order valence-corrected chi connectivity index (χ0v) is 10.5. The van der Waals surface area contributed by atoms with Gasteiger partial charge in [-0.15, -0.1) is 0 Å². The molecule has 1 aromatic rings. The average molecular weight is 259 g/mol. The molecule has 0 aliphatic heterocycles. The number of halogens is 3. The molecule has 1 aromatic carbocycles. The Morgan fingerprint density at radius 2 is 1.72 bits per heavy atom. The summed E-state index contributed by atoms with van der Waals surface area (Å²) in [4.78, 5) is 11.8. The summed E-state index contributed by atoms with van der Waals surface area (Å²) in [5.74, 6) is -0.531. The molecule has 5 heteroatoms. The maximum Gasteiger partial charge on any atom is 0.417 e. The molecule has 0 aliphatic rings. The maximum absolute atomic E-state index is 12.7. The van der Waals surface area contributed by atoms with Crippen LogP contribution in [-0.2, 0) is 6.18 Å². The summed E-state index contributed by atoms with van der Waals surface area (Å²) in [7, 11) is 0.